The van der Waals surface area contributed by atoms with Crippen LogP contribution >= 0.6 is 11.6 Å². The first kappa shape index (κ1) is 21.9. The molecule has 0 radical (unpaired) electrons. The Morgan fingerprint density at radius 2 is 1.76 bits per heavy atom. The van der Waals surface area contributed by atoms with Gasteiger partial charge in [-0.3, -0.25) is 0 Å². The lowest BCUT2D eigenvalue weighted by atomic mass is 10.2. The molecule has 1 N–H and O–H groups in total. The van der Waals surface area contributed by atoms with Gasteiger partial charge in [0.05, 0.1) is 35.9 Å². The highest BCUT2D eigenvalue weighted by Crippen LogP contribution is 2.33. The number of ether oxygens (including phenoxy) is 2. The van der Waals surface area contributed by atoms with Crippen molar-refractivity contribution in [1.29, 1.82) is 0 Å². The second-order valence-corrected chi connectivity index (χ2v) is 11.5. The summed E-state index contributed by atoms with van der Waals surface area (Å²) >= 11 is 6.15. The van der Waals surface area contributed by atoms with E-state index in [9.17, 15) is 16.8 Å². The molecule has 29 heavy (non-hydrogen) atoms. The Kier molecular flexibility index (Phi) is 6.42. The SMILES string of the molecule is COc1ccc(S(=O)(=O)[C@H]2CS(=O)(=O)C[C@@H]2NCc2ccccc2Cl)cc1OC. The molecule has 0 aliphatic carbocycles. The lowest BCUT2D eigenvalue weighted by molar-refractivity contribution is 0.354. The molecule has 7 nitrogen and oxygen atoms in total. The van der Waals surface area contributed by atoms with Gasteiger partial charge in [0, 0.05) is 23.7 Å². The van der Waals surface area contributed by atoms with E-state index in [4.69, 9.17) is 21.1 Å². The minimum atomic E-state index is -3.94. The largest absolute Gasteiger partial charge is 0.493 e. The van der Waals surface area contributed by atoms with E-state index in [1.54, 1.807) is 18.2 Å². The van der Waals surface area contributed by atoms with Gasteiger partial charge in [0.1, 0.15) is 0 Å². The highest BCUT2D eigenvalue weighted by Gasteiger charge is 2.45. The summed E-state index contributed by atoms with van der Waals surface area (Å²) < 4.78 is 61.3. The second kappa shape index (κ2) is 8.51. The van der Waals surface area contributed by atoms with Gasteiger partial charge >= 0.3 is 0 Å². The molecular weight excluding hydrogens is 438 g/mol. The maximum Gasteiger partial charge on any atom is 0.183 e. The number of methoxy groups -OCH3 is 2. The number of halogens is 1. The van der Waals surface area contributed by atoms with Crippen molar-refractivity contribution >= 4 is 31.3 Å². The van der Waals surface area contributed by atoms with E-state index in [1.165, 1.54) is 32.4 Å². The molecule has 10 heteroatoms. The van der Waals surface area contributed by atoms with Crippen LogP contribution in [0.5, 0.6) is 11.5 Å². The highest BCUT2D eigenvalue weighted by molar-refractivity contribution is 7.96. The van der Waals surface area contributed by atoms with E-state index >= 15 is 0 Å². The van der Waals surface area contributed by atoms with Gasteiger partial charge in [-0.2, -0.15) is 0 Å². The van der Waals surface area contributed by atoms with E-state index in [2.05, 4.69) is 5.32 Å². The average molecular weight is 460 g/mol. The van der Waals surface area contributed by atoms with Crippen molar-refractivity contribution in [3.05, 3.63) is 53.1 Å². The van der Waals surface area contributed by atoms with E-state index in [1.807, 2.05) is 6.07 Å². The topological polar surface area (TPSA) is 98.8 Å². The number of sulfone groups is 2. The first-order valence-corrected chi connectivity index (χ1v) is 12.6. The lowest BCUT2D eigenvalue weighted by Crippen LogP contribution is -2.43. The molecule has 0 unspecified atom stereocenters. The summed E-state index contributed by atoms with van der Waals surface area (Å²) in [6, 6.07) is 10.6. The van der Waals surface area contributed by atoms with E-state index in [0.717, 1.165) is 5.56 Å². The molecule has 0 amide bonds. The third-order valence-electron chi connectivity index (χ3n) is 4.90. The third-order valence-corrected chi connectivity index (χ3v) is 9.41. The highest BCUT2D eigenvalue weighted by atomic mass is 35.5. The quantitative estimate of drug-likeness (QED) is 0.676. The van der Waals surface area contributed by atoms with Crippen LogP contribution in [0.2, 0.25) is 5.02 Å². The van der Waals surface area contributed by atoms with Crippen LogP contribution in [0.4, 0.5) is 0 Å². The van der Waals surface area contributed by atoms with E-state index in [0.29, 0.717) is 10.8 Å². The molecule has 0 spiro atoms. The number of hydrogen-bond donors (Lipinski definition) is 1. The average Bonchev–Trinajstić information content (AvgIpc) is 3.02. The first-order valence-electron chi connectivity index (χ1n) is 8.81. The van der Waals surface area contributed by atoms with Gasteiger partial charge in [-0.05, 0) is 23.8 Å². The third kappa shape index (κ3) is 4.69. The number of nitrogens with one attached hydrogen (secondary N) is 1. The van der Waals surface area contributed by atoms with Crippen molar-refractivity contribution in [3.63, 3.8) is 0 Å². The Bertz CT molecular complexity index is 1100. The maximum atomic E-state index is 13.3. The smallest absolute Gasteiger partial charge is 0.183 e. The van der Waals surface area contributed by atoms with Crippen LogP contribution in [0.3, 0.4) is 0 Å². The first-order chi connectivity index (χ1) is 13.7. The summed E-state index contributed by atoms with van der Waals surface area (Å²) in [4.78, 5) is -0.0122. The van der Waals surface area contributed by atoms with Gasteiger partial charge in [-0.1, -0.05) is 29.8 Å². The molecule has 0 aromatic heterocycles. The van der Waals surface area contributed by atoms with Crippen molar-refractivity contribution in [3.8, 4) is 11.5 Å². The minimum Gasteiger partial charge on any atom is -0.493 e. The molecule has 2 aromatic rings. The predicted octanol–water partition coefficient (Wildman–Crippen LogP) is 2.09. The van der Waals surface area contributed by atoms with Crippen LogP contribution in [0.25, 0.3) is 0 Å². The molecular formula is C19H22ClNO6S2. The summed E-state index contributed by atoms with van der Waals surface area (Å²) in [5.74, 6) is -0.0488. The van der Waals surface area contributed by atoms with Crippen molar-refractivity contribution in [2.75, 3.05) is 25.7 Å². The van der Waals surface area contributed by atoms with Crippen LogP contribution in [0, 0.1) is 0 Å². The fourth-order valence-electron chi connectivity index (χ4n) is 3.36. The lowest BCUT2D eigenvalue weighted by Gasteiger charge is -2.21. The van der Waals surface area contributed by atoms with Gasteiger partial charge in [0.15, 0.2) is 31.2 Å². The summed E-state index contributed by atoms with van der Waals surface area (Å²) in [5.41, 5.74) is 0.765. The Hall–Kier alpha value is -1.81. The predicted molar refractivity (Wildman–Crippen MR) is 111 cm³/mol. The van der Waals surface area contributed by atoms with Crippen LogP contribution < -0.4 is 14.8 Å². The zero-order valence-electron chi connectivity index (χ0n) is 16.0. The molecule has 1 aliphatic rings. The molecule has 158 valence electrons. The van der Waals surface area contributed by atoms with Crippen molar-refractivity contribution in [2.24, 2.45) is 0 Å². The van der Waals surface area contributed by atoms with E-state index in [-0.39, 0.29) is 22.9 Å². The monoisotopic (exact) mass is 459 g/mol. The van der Waals surface area contributed by atoms with Crippen LogP contribution in [0.1, 0.15) is 5.56 Å². The molecule has 2 atom stereocenters. The molecule has 0 saturated carbocycles. The summed E-state index contributed by atoms with van der Waals surface area (Å²) in [6.07, 6.45) is 0. The molecule has 3 rings (SSSR count). The van der Waals surface area contributed by atoms with Crippen molar-refractivity contribution in [1.82, 2.24) is 5.32 Å². The van der Waals surface area contributed by atoms with Crippen LogP contribution in [-0.4, -0.2) is 53.9 Å². The van der Waals surface area contributed by atoms with Gasteiger partial charge in [0.25, 0.3) is 0 Å². The Morgan fingerprint density at radius 3 is 2.41 bits per heavy atom. The summed E-state index contributed by atoms with van der Waals surface area (Å²) in [6.45, 7) is 0.262. The number of hydrogen-bond acceptors (Lipinski definition) is 7. The maximum absolute atomic E-state index is 13.3. The number of rotatable bonds is 7. The molecule has 2 aromatic carbocycles. The standard InChI is InChI=1S/C19H22ClNO6S2/c1-26-17-8-7-14(9-18(17)27-2)29(24,25)19-12-28(22,23)11-16(19)21-10-13-5-3-4-6-15(13)20/h3-9,16,19,21H,10-12H2,1-2H3/t16-,19-/m0/s1. The van der Waals surface area contributed by atoms with Crippen molar-refractivity contribution in [2.45, 2.75) is 22.7 Å². The fraction of sp³-hybridized carbons (Fsp3) is 0.368. The zero-order chi connectivity index (χ0) is 21.2. The molecule has 0 bridgehead atoms. The van der Waals surface area contributed by atoms with Gasteiger partial charge in [-0.15, -0.1) is 0 Å². The molecule has 1 heterocycles. The van der Waals surface area contributed by atoms with Gasteiger partial charge in [0.2, 0.25) is 0 Å². The number of benzene rings is 2. The molecule has 1 aliphatic heterocycles. The van der Waals surface area contributed by atoms with Crippen LogP contribution in [0.15, 0.2) is 47.4 Å². The van der Waals surface area contributed by atoms with E-state index < -0.39 is 36.7 Å². The minimum absolute atomic E-state index is 0.0122. The Labute approximate surface area is 175 Å². The fourth-order valence-corrected chi connectivity index (χ4v) is 8.30. The summed E-state index contributed by atoms with van der Waals surface area (Å²) in [7, 11) is -4.60. The second-order valence-electron chi connectivity index (χ2n) is 6.76. The van der Waals surface area contributed by atoms with Crippen LogP contribution in [-0.2, 0) is 26.2 Å². The molecule has 1 saturated heterocycles. The Balaban J connectivity index is 1.90. The normalized spacial score (nSPS) is 21.1. The summed E-state index contributed by atoms with van der Waals surface area (Å²) in [5, 5.41) is 2.48. The van der Waals surface area contributed by atoms with Gasteiger partial charge in [-0.25, -0.2) is 16.8 Å². The molecule has 1 fully saturated rings. The zero-order valence-corrected chi connectivity index (χ0v) is 18.4. The van der Waals surface area contributed by atoms with Crippen molar-refractivity contribution < 1.29 is 26.3 Å². The van der Waals surface area contributed by atoms with Gasteiger partial charge < -0.3 is 14.8 Å². The Morgan fingerprint density at radius 1 is 1.07 bits per heavy atom.